The maximum absolute atomic E-state index is 13.3. The highest BCUT2D eigenvalue weighted by atomic mass is 16.5. The maximum atomic E-state index is 13.3. The van der Waals surface area contributed by atoms with Crippen LogP contribution in [0.1, 0.15) is 73.5 Å². The average molecular weight is 488 g/mol. The lowest BCUT2D eigenvalue weighted by molar-refractivity contribution is 0.0324. The van der Waals surface area contributed by atoms with Crippen LogP contribution in [-0.4, -0.2) is 35.5 Å². The first kappa shape index (κ1) is 25.6. The molecule has 4 rings (SSSR count). The van der Waals surface area contributed by atoms with Crippen molar-refractivity contribution in [3.8, 4) is 0 Å². The van der Waals surface area contributed by atoms with Crippen molar-refractivity contribution in [1.29, 1.82) is 0 Å². The van der Waals surface area contributed by atoms with Gasteiger partial charge in [0.1, 0.15) is 11.4 Å². The summed E-state index contributed by atoms with van der Waals surface area (Å²) in [6.45, 7) is 7.20. The minimum absolute atomic E-state index is 0.0554. The zero-order valence-corrected chi connectivity index (χ0v) is 21.4. The Balaban J connectivity index is 1.45. The molecule has 7 nitrogen and oxygen atoms in total. The van der Waals surface area contributed by atoms with Crippen LogP contribution in [0.2, 0.25) is 0 Å². The summed E-state index contributed by atoms with van der Waals surface area (Å²) >= 11 is 0. The Morgan fingerprint density at radius 1 is 1.08 bits per heavy atom. The quantitative estimate of drug-likeness (QED) is 0.316. The number of anilines is 3. The van der Waals surface area contributed by atoms with Gasteiger partial charge in [0.2, 0.25) is 5.95 Å². The largest absolute Gasteiger partial charge is 0.369 e. The predicted molar refractivity (Wildman–Crippen MR) is 146 cm³/mol. The van der Waals surface area contributed by atoms with E-state index in [2.05, 4.69) is 56.7 Å². The van der Waals surface area contributed by atoms with Crippen LogP contribution in [0, 0.1) is 0 Å². The maximum Gasteiger partial charge on any atom is 0.261 e. The second-order valence-electron chi connectivity index (χ2n) is 9.16. The molecule has 1 unspecified atom stereocenters. The fourth-order valence-electron chi connectivity index (χ4n) is 4.48. The molecule has 190 valence electrons. The zero-order valence-electron chi connectivity index (χ0n) is 21.4. The average Bonchev–Trinajstić information content (AvgIpc) is 3.45. The summed E-state index contributed by atoms with van der Waals surface area (Å²) in [6, 6.07) is 18.2. The van der Waals surface area contributed by atoms with Crippen molar-refractivity contribution in [3.05, 3.63) is 77.5 Å². The molecule has 2 heterocycles. The Kier molecular flexibility index (Phi) is 9.27. The molecular weight excluding hydrogens is 450 g/mol. The van der Waals surface area contributed by atoms with Crippen LogP contribution in [0.25, 0.3) is 0 Å². The molecule has 0 aliphatic carbocycles. The molecule has 1 aliphatic heterocycles. The van der Waals surface area contributed by atoms with Gasteiger partial charge < -0.3 is 20.3 Å². The van der Waals surface area contributed by atoms with Crippen LogP contribution in [0.3, 0.4) is 0 Å². The van der Waals surface area contributed by atoms with E-state index in [0.717, 1.165) is 63.0 Å². The first-order chi connectivity index (χ1) is 17.7. The number of nitrogens with zero attached hydrogens (tertiary/aromatic N) is 3. The van der Waals surface area contributed by atoms with E-state index in [1.54, 1.807) is 6.20 Å². The van der Waals surface area contributed by atoms with E-state index in [1.807, 2.05) is 37.3 Å². The van der Waals surface area contributed by atoms with Gasteiger partial charge in [0.05, 0.1) is 12.7 Å². The Labute approximate surface area is 214 Å². The van der Waals surface area contributed by atoms with Gasteiger partial charge >= 0.3 is 0 Å². The number of unbranched alkanes of at least 4 members (excludes halogenated alkanes) is 1. The molecule has 7 heteroatoms. The first-order valence-electron chi connectivity index (χ1n) is 13.1. The van der Waals surface area contributed by atoms with E-state index in [1.165, 1.54) is 5.56 Å². The Morgan fingerprint density at radius 3 is 2.64 bits per heavy atom. The van der Waals surface area contributed by atoms with Crippen LogP contribution in [0.5, 0.6) is 0 Å². The molecule has 0 bridgehead atoms. The third-order valence-electron chi connectivity index (χ3n) is 6.38. The molecule has 2 N–H and O–H groups in total. The lowest BCUT2D eigenvalue weighted by Crippen LogP contribution is -2.25. The van der Waals surface area contributed by atoms with Gasteiger partial charge in [-0.05, 0) is 49.4 Å². The number of amides is 1. The lowest BCUT2D eigenvalue weighted by Gasteiger charge is -2.20. The highest BCUT2D eigenvalue weighted by Crippen LogP contribution is 2.27. The summed E-state index contributed by atoms with van der Waals surface area (Å²) in [6.07, 6.45) is 7.12. The van der Waals surface area contributed by atoms with Crippen LogP contribution in [0.4, 0.5) is 17.5 Å². The number of hydrogen-bond donors (Lipinski definition) is 2. The van der Waals surface area contributed by atoms with E-state index in [-0.39, 0.29) is 12.0 Å². The normalized spacial score (nSPS) is 14.0. The molecule has 2 aromatic carbocycles. The van der Waals surface area contributed by atoms with Crippen molar-refractivity contribution in [2.75, 3.05) is 35.2 Å². The number of ether oxygens (including phenoxy) is 1. The van der Waals surface area contributed by atoms with Crippen LogP contribution in [0.15, 0.2) is 60.8 Å². The number of benzene rings is 2. The van der Waals surface area contributed by atoms with E-state index < -0.39 is 0 Å². The lowest BCUT2D eigenvalue weighted by atomic mass is 10.0. The summed E-state index contributed by atoms with van der Waals surface area (Å²) in [5, 5.41) is 6.19. The van der Waals surface area contributed by atoms with Gasteiger partial charge in [-0.25, -0.2) is 4.98 Å². The summed E-state index contributed by atoms with van der Waals surface area (Å²) in [5.41, 5.74) is 3.44. The third kappa shape index (κ3) is 6.82. The van der Waals surface area contributed by atoms with Crippen molar-refractivity contribution in [1.82, 2.24) is 9.97 Å². The van der Waals surface area contributed by atoms with E-state index in [0.29, 0.717) is 23.9 Å². The van der Waals surface area contributed by atoms with Gasteiger partial charge in [0.25, 0.3) is 5.91 Å². The first-order valence-corrected chi connectivity index (χ1v) is 13.1. The summed E-state index contributed by atoms with van der Waals surface area (Å²) < 4.78 is 6.34. The summed E-state index contributed by atoms with van der Waals surface area (Å²) in [4.78, 5) is 24.4. The fourth-order valence-corrected chi connectivity index (χ4v) is 4.48. The highest BCUT2D eigenvalue weighted by molar-refractivity contribution is 6.07. The minimum Gasteiger partial charge on any atom is -0.369 e. The second-order valence-corrected chi connectivity index (χ2v) is 9.16. The third-order valence-corrected chi connectivity index (χ3v) is 6.38. The molecule has 3 aromatic rings. The number of rotatable bonds is 12. The van der Waals surface area contributed by atoms with Crippen molar-refractivity contribution >= 4 is 23.4 Å². The Hall–Kier alpha value is -3.45. The number of carbonyl (C=O) groups is 1. The number of nitrogens with one attached hydrogen (secondary N) is 2. The molecule has 1 aliphatic rings. The Morgan fingerprint density at radius 2 is 1.89 bits per heavy atom. The van der Waals surface area contributed by atoms with E-state index >= 15 is 0 Å². The molecule has 36 heavy (non-hydrogen) atoms. The molecule has 1 atom stereocenters. The molecule has 1 fully saturated rings. The molecule has 1 saturated heterocycles. The molecule has 1 amide bonds. The molecule has 0 saturated carbocycles. The molecule has 0 radical (unpaired) electrons. The van der Waals surface area contributed by atoms with Gasteiger partial charge in [0, 0.05) is 31.5 Å². The fraction of sp³-hybridized carbons (Fsp3) is 0.414. The van der Waals surface area contributed by atoms with E-state index in [9.17, 15) is 4.79 Å². The van der Waals surface area contributed by atoms with Gasteiger partial charge in [-0.2, -0.15) is 4.98 Å². The van der Waals surface area contributed by atoms with Gasteiger partial charge in [-0.3, -0.25) is 4.79 Å². The van der Waals surface area contributed by atoms with Gasteiger partial charge in [0.15, 0.2) is 0 Å². The number of aromatic nitrogens is 2. The van der Waals surface area contributed by atoms with E-state index in [4.69, 9.17) is 4.74 Å². The second kappa shape index (κ2) is 13.0. The summed E-state index contributed by atoms with van der Waals surface area (Å²) in [5.74, 6) is 1.03. The standard InChI is InChI=1S/C29H37N5O2/c1-3-5-16-26(23-13-7-6-8-14-23)36-21-22-12-11-15-24(19-22)32-28(35)25-20-31-29(30-4-2)33-27(25)34-17-9-10-18-34/h6-8,11-15,19-20,26H,3-5,9-10,16-18,21H2,1-2H3,(H,32,35)(H,30,31,33). The smallest absolute Gasteiger partial charge is 0.261 e. The van der Waals surface area contributed by atoms with Crippen LogP contribution < -0.4 is 15.5 Å². The topological polar surface area (TPSA) is 79.4 Å². The SMILES string of the molecule is CCCCC(OCc1cccc(NC(=O)c2cnc(NCC)nc2N2CCCC2)c1)c1ccccc1. The molecule has 1 aromatic heterocycles. The Bertz CT molecular complexity index is 1120. The number of carbonyl (C=O) groups excluding carboxylic acids is 1. The molecule has 0 spiro atoms. The van der Waals surface area contributed by atoms with Crippen molar-refractivity contribution in [2.24, 2.45) is 0 Å². The van der Waals surface area contributed by atoms with Crippen LogP contribution in [-0.2, 0) is 11.3 Å². The monoisotopic (exact) mass is 487 g/mol. The zero-order chi connectivity index (χ0) is 25.2. The van der Waals surface area contributed by atoms with Crippen molar-refractivity contribution in [3.63, 3.8) is 0 Å². The highest BCUT2D eigenvalue weighted by Gasteiger charge is 2.22. The van der Waals surface area contributed by atoms with Gasteiger partial charge in [-0.1, -0.05) is 62.2 Å². The minimum atomic E-state index is -0.205. The number of hydrogen-bond acceptors (Lipinski definition) is 6. The van der Waals surface area contributed by atoms with Crippen LogP contribution >= 0.6 is 0 Å². The van der Waals surface area contributed by atoms with Crippen molar-refractivity contribution in [2.45, 2.75) is 58.7 Å². The van der Waals surface area contributed by atoms with Crippen molar-refractivity contribution < 1.29 is 9.53 Å². The summed E-state index contributed by atoms with van der Waals surface area (Å²) in [7, 11) is 0. The predicted octanol–water partition coefficient (Wildman–Crippen LogP) is 6.21. The molecular formula is C29H37N5O2. The van der Waals surface area contributed by atoms with Gasteiger partial charge in [-0.15, -0.1) is 0 Å².